The van der Waals surface area contributed by atoms with Crippen LogP contribution in [0.1, 0.15) is 43.4 Å². The maximum atomic E-state index is 13.9. The molecule has 1 amide bonds. The molecule has 11 nitrogen and oxygen atoms in total. The molecular weight excluding hydrogens is 636 g/mol. The van der Waals surface area contributed by atoms with Crippen molar-refractivity contribution in [3.63, 3.8) is 0 Å². The molecule has 0 aromatic heterocycles. The number of aliphatic hydroxyl groups excluding tert-OH is 2. The predicted molar refractivity (Wildman–Crippen MR) is 178 cm³/mol. The molecule has 3 aromatic carbocycles. The van der Waals surface area contributed by atoms with Gasteiger partial charge in [0.2, 0.25) is 10.0 Å². The van der Waals surface area contributed by atoms with Gasteiger partial charge >= 0.3 is 6.09 Å². The fourth-order valence-electron chi connectivity index (χ4n) is 5.87. The molecule has 0 saturated carbocycles. The molecule has 48 heavy (non-hydrogen) atoms. The van der Waals surface area contributed by atoms with Gasteiger partial charge in [0.15, 0.2) is 6.29 Å². The summed E-state index contributed by atoms with van der Waals surface area (Å²) in [5.74, 6) is 0.614. The zero-order chi connectivity index (χ0) is 34.1. The number of carbonyl (C=O) groups is 1. The first-order valence-electron chi connectivity index (χ1n) is 16.5. The lowest BCUT2D eigenvalue weighted by Crippen LogP contribution is -2.51. The summed E-state index contributed by atoms with van der Waals surface area (Å²) >= 11 is 0. The molecule has 5 rings (SSSR count). The minimum absolute atomic E-state index is 0.00689. The van der Waals surface area contributed by atoms with Crippen molar-refractivity contribution in [2.75, 3.05) is 26.3 Å². The van der Waals surface area contributed by atoms with Gasteiger partial charge < -0.3 is 34.5 Å². The summed E-state index contributed by atoms with van der Waals surface area (Å²) < 4.78 is 51.8. The summed E-state index contributed by atoms with van der Waals surface area (Å²) in [7, 11) is -4.02. The van der Waals surface area contributed by atoms with Gasteiger partial charge in [-0.2, -0.15) is 4.31 Å². The fraction of sp³-hybridized carbons (Fsp3) is 0.472. The van der Waals surface area contributed by atoms with E-state index in [1.807, 2.05) is 68.4 Å². The first kappa shape index (κ1) is 35.8. The van der Waals surface area contributed by atoms with E-state index < -0.39 is 40.7 Å². The Morgan fingerprint density at radius 2 is 1.69 bits per heavy atom. The minimum atomic E-state index is -4.02. The number of hydrogen-bond acceptors (Lipinski definition) is 9. The van der Waals surface area contributed by atoms with E-state index in [0.29, 0.717) is 24.5 Å². The van der Waals surface area contributed by atoms with E-state index in [1.54, 1.807) is 12.1 Å². The molecule has 0 unspecified atom stereocenters. The van der Waals surface area contributed by atoms with Gasteiger partial charge in [0, 0.05) is 13.1 Å². The van der Waals surface area contributed by atoms with Crippen molar-refractivity contribution < 1.29 is 42.4 Å². The molecule has 2 aliphatic heterocycles. The van der Waals surface area contributed by atoms with Crippen LogP contribution in [0.3, 0.4) is 0 Å². The van der Waals surface area contributed by atoms with Crippen LogP contribution in [0.4, 0.5) is 4.79 Å². The van der Waals surface area contributed by atoms with Crippen LogP contribution in [-0.4, -0.2) is 79.9 Å². The number of nitrogens with zero attached hydrogens (tertiary/aromatic N) is 1. The Bertz CT molecular complexity index is 1550. The summed E-state index contributed by atoms with van der Waals surface area (Å²) in [6.45, 7) is 4.79. The van der Waals surface area contributed by atoms with Crippen molar-refractivity contribution in [1.29, 1.82) is 0 Å². The quantitative estimate of drug-likeness (QED) is 0.202. The first-order chi connectivity index (χ1) is 23.2. The lowest BCUT2D eigenvalue weighted by Gasteiger charge is -2.31. The SMILES string of the molecule is CC[C@H](C)CN(C[C@@H](O)[C@H](Cc1ccc(OCc2ccccc2)cc1)NC(=O)O[C@H]1CO[C@H]2OCC[C@H]21)S(=O)(=O)c1ccc(CO)cc1. The highest BCUT2D eigenvalue weighted by Crippen LogP contribution is 2.33. The normalized spacial score (nSPS) is 21.0. The summed E-state index contributed by atoms with van der Waals surface area (Å²) in [5.41, 5.74) is 2.43. The third kappa shape index (κ3) is 9.34. The molecule has 2 aliphatic rings. The van der Waals surface area contributed by atoms with Crippen molar-refractivity contribution in [1.82, 2.24) is 9.62 Å². The Morgan fingerprint density at radius 3 is 2.38 bits per heavy atom. The van der Waals surface area contributed by atoms with Gasteiger partial charge in [0.25, 0.3) is 0 Å². The fourth-order valence-corrected chi connectivity index (χ4v) is 7.45. The molecule has 12 heteroatoms. The smallest absolute Gasteiger partial charge is 0.407 e. The number of fused-ring (bicyclic) bond motifs is 1. The molecule has 260 valence electrons. The van der Waals surface area contributed by atoms with Crippen LogP contribution >= 0.6 is 0 Å². The number of amides is 1. The van der Waals surface area contributed by atoms with Gasteiger partial charge in [0.05, 0.1) is 42.8 Å². The molecule has 6 atom stereocenters. The number of rotatable bonds is 16. The molecule has 3 aromatic rings. The number of ether oxygens (including phenoxy) is 4. The molecule has 0 aliphatic carbocycles. The highest BCUT2D eigenvalue weighted by Gasteiger charge is 2.44. The van der Waals surface area contributed by atoms with Crippen LogP contribution in [-0.2, 0) is 43.9 Å². The molecule has 0 radical (unpaired) electrons. The van der Waals surface area contributed by atoms with E-state index >= 15 is 0 Å². The number of nitrogens with one attached hydrogen (secondary N) is 1. The lowest BCUT2D eigenvalue weighted by molar-refractivity contribution is -0.0907. The van der Waals surface area contributed by atoms with E-state index in [4.69, 9.17) is 18.9 Å². The van der Waals surface area contributed by atoms with Crippen molar-refractivity contribution in [3.05, 3.63) is 95.6 Å². The van der Waals surface area contributed by atoms with Gasteiger partial charge in [-0.25, -0.2) is 13.2 Å². The average molecular weight is 683 g/mol. The summed E-state index contributed by atoms with van der Waals surface area (Å²) in [5, 5.41) is 23.9. The van der Waals surface area contributed by atoms with Crippen LogP contribution in [0.15, 0.2) is 83.8 Å². The van der Waals surface area contributed by atoms with Crippen LogP contribution in [0, 0.1) is 11.8 Å². The van der Waals surface area contributed by atoms with E-state index in [9.17, 15) is 23.4 Å². The maximum Gasteiger partial charge on any atom is 0.407 e. The molecule has 2 heterocycles. The number of aliphatic hydroxyl groups is 2. The predicted octanol–water partition coefficient (Wildman–Crippen LogP) is 4.25. The zero-order valence-corrected chi connectivity index (χ0v) is 28.3. The molecule has 2 saturated heterocycles. The zero-order valence-electron chi connectivity index (χ0n) is 27.4. The Hall–Kier alpha value is -3.52. The number of alkyl carbamates (subject to hydrolysis) is 1. The molecular formula is C36H46N2O9S. The molecule has 3 N–H and O–H groups in total. The first-order valence-corrected chi connectivity index (χ1v) is 17.9. The van der Waals surface area contributed by atoms with Gasteiger partial charge in [-0.1, -0.05) is 74.9 Å². The van der Waals surface area contributed by atoms with Crippen molar-refractivity contribution in [2.45, 2.75) is 75.8 Å². The Labute approximate surface area is 282 Å². The van der Waals surface area contributed by atoms with Gasteiger partial charge in [-0.3, -0.25) is 0 Å². The van der Waals surface area contributed by atoms with Crippen LogP contribution < -0.4 is 10.1 Å². The molecule has 2 fully saturated rings. The summed E-state index contributed by atoms with van der Waals surface area (Å²) in [4.78, 5) is 13.3. The monoisotopic (exact) mass is 682 g/mol. The third-order valence-electron chi connectivity index (χ3n) is 8.99. The standard InChI is InChI=1S/C36H46N2O9S/c1-3-25(2)20-38(48(42,43)30-15-11-27(22-39)12-16-30)21-33(40)32(37-36(41)47-34-24-46-35-31(34)17-18-44-35)19-26-9-13-29(14-10-26)45-23-28-7-5-4-6-8-28/h4-16,25,31-35,39-40H,3,17-24H2,1-2H3,(H,37,41)/t25-,31-,32-,33+,34-,35+/m0/s1. The van der Waals surface area contributed by atoms with Crippen molar-refractivity contribution in [3.8, 4) is 5.75 Å². The number of hydrogen-bond donors (Lipinski definition) is 3. The topological polar surface area (TPSA) is 144 Å². The van der Waals surface area contributed by atoms with E-state index in [0.717, 1.165) is 24.0 Å². The van der Waals surface area contributed by atoms with E-state index in [-0.39, 0.29) is 49.5 Å². The Kier molecular flexibility index (Phi) is 12.5. The maximum absolute atomic E-state index is 13.9. The molecule has 0 spiro atoms. The van der Waals surface area contributed by atoms with E-state index in [2.05, 4.69) is 5.32 Å². The summed E-state index contributed by atoms with van der Waals surface area (Å²) in [6, 6.07) is 22.3. The number of sulfonamides is 1. The highest BCUT2D eigenvalue weighted by atomic mass is 32.2. The van der Waals surface area contributed by atoms with Crippen LogP contribution in [0.2, 0.25) is 0 Å². The van der Waals surface area contributed by atoms with Gasteiger partial charge in [-0.15, -0.1) is 0 Å². The number of carbonyl (C=O) groups excluding carboxylic acids is 1. The Morgan fingerprint density at radius 1 is 0.979 bits per heavy atom. The largest absolute Gasteiger partial charge is 0.489 e. The van der Waals surface area contributed by atoms with Gasteiger partial charge in [0.1, 0.15) is 18.5 Å². The highest BCUT2D eigenvalue weighted by molar-refractivity contribution is 7.89. The second-order valence-corrected chi connectivity index (χ2v) is 14.5. The van der Waals surface area contributed by atoms with Crippen LogP contribution in [0.5, 0.6) is 5.75 Å². The average Bonchev–Trinajstić information content (AvgIpc) is 3.73. The van der Waals surface area contributed by atoms with Crippen molar-refractivity contribution in [2.24, 2.45) is 11.8 Å². The van der Waals surface area contributed by atoms with Crippen molar-refractivity contribution >= 4 is 16.1 Å². The second-order valence-electron chi connectivity index (χ2n) is 12.5. The Balaban J connectivity index is 1.33. The van der Waals surface area contributed by atoms with Gasteiger partial charge in [-0.05, 0) is 59.7 Å². The number of benzene rings is 3. The van der Waals surface area contributed by atoms with E-state index in [1.165, 1.54) is 16.4 Å². The summed E-state index contributed by atoms with van der Waals surface area (Å²) in [6.07, 6.45) is -1.24. The minimum Gasteiger partial charge on any atom is -0.489 e. The lowest BCUT2D eigenvalue weighted by atomic mass is 10.0. The molecule has 0 bridgehead atoms. The second kappa shape index (κ2) is 16.7. The van der Waals surface area contributed by atoms with Crippen LogP contribution in [0.25, 0.3) is 0 Å². The third-order valence-corrected chi connectivity index (χ3v) is 10.8.